The third-order valence-electron chi connectivity index (χ3n) is 3.09. The lowest BCUT2D eigenvalue weighted by atomic mass is 10.0. The first kappa shape index (κ1) is 22.3. The summed E-state index contributed by atoms with van der Waals surface area (Å²) in [4.78, 5) is 0. The Balaban J connectivity index is 0. The van der Waals surface area contributed by atoms with Gasteiger partial charge < -0.3 is 9.84 Å². The molecule has 21 heavy (non-hydrogen) atoms. The van der Waals surface area contributed by atoms with Crippen molar-refractivity contribution >= 4 is 0 Å². The molecule has 0 aromatic heterocycles. The van der Waals surface area contributed by atoms with E-state index in [0.29, 0.717) is 5.92 Å². The van der Waals surface area contributed by atoms with Gasteiger partial charge >= 0.3 is 0 Å². The second-order valence-electron chi connectivity index (χ2n) is 5.08. The number of aliphatic hydroxyl groups is 1. The zero-order valence-corrected chi connectivity index (χ0v) is 15.0. The Bertz CT molecular complexity index is 293. The quantitative estimate of drug-likeness (QED) is 0.722. The minimum atomic E-state index is 0.704. The topological polar surface area (TPSA) is 29.5 Å². The number of aryl methyl sites for hydroxylation is 1. The van der Waals surface area contributed by atoms with Gasteiger partial charge in [0.05, 0.1) is 6.61 Å². The summed E-state index contributed by atoms with van der Waals surface area (Å²) in [6, 6.07) is 8.46. The van der Waals surface area contributed by atoms with Crippen LogP contribution >= 0.6 is 0 Å². The summed E-state index contributed by atoms with van der Waals surface area (Å²) in [6.07, 6.45) is 6.06. The maximum atomic E-state index is 7.00. The molecular formula is C19H36O2. The third kappa shape index (κ3) is 12.4. The van der Waals surface area contributed by atoms with Crippen LogP contribution < -0.4 is 4.74 Å². The lowest BCUT2D eigenvalue weighted by molar-refractivity contribution is 0.235. The van der Waals surface area contributed by atoms with Crippen LogP contribution in [0.25, 0.3) is 0 Å². The van der Waals surface area contributed by atoms with Crippen molar-refractivity contribution in [1.29, 1.82) is 0 Å². The van der Waals surface area contributed by atoms with E-state index in [9.17, 15) is 0 Å². The SMILES string of the molecule is CCC.CCCC(CC)COc1ccc(CC)cc1.CO. The van der Waals surface area contributed by atoms with Gasteiger partial charge in [-0.05, 0) is 36.5 Å². The molecule has 0 aliphatic rings. The van der Waals surface area contributed by atoms with Gasteiger partial charge in [-0.15, -0.1) is 0 Å². The second kappa shape index (κ2) is 17.0. The highest BCUT2D eigenvalue weighted by molar-refractivity contribution is 5.27. The Labute approximate surface area is 132 Å². The van der Waals surface area contributed by atoms with E-state index in [0.717, 1.165) is 25.9 Å². The number of rotatable bonds is 7. The summed E-state index contributed by atoms with van der Waals surface area (Å²) < 4.78 is 5.81. The van der Waals surface area contributed by atoms with Gasteiger partial charge in [0.2, 0.25) is 0 Å². The molecule has 0 aliphatic carbocycles. The van der Waals surface area contributed by atoms with Crippen molar-refractivity contribution in [2.75, 3.05) is 13.7 Å². The standard InChI is InChI=1S/C15H24O.C3H8.CH4O/c1-4-7-14(6-3)12-16-15-10-8-13(5-2)9-11-15;1-3-2;1-2/h8-11,14H,4-7,12H2,1-3H3;3H2,1-2H3;2H,1H3. The second-order valence-corrected chi connectivity index (χ2v) is 5.08. The molecule has 1 atom stereocenters. The predicted molar refractivity (Wildman–Crippen MR) is 94.1 cm³/mol. The van der Waals surface area contributed by atoms with Gasteiger partial charge in [0.1, 0.15) is 5.75 Å². The zero-order valence-electron chi connectivity index (χ0n) is 15.0. The van der Waals surface area contributed by atoms with E-state index in [1.807, 2.05) is 0 Å². The first-order chi connectivity index (χ1) is 10.2. The molecule has 1 unspecified atom stereocenters. The van der Waals surface area contributed by atoms with Crippen LogP contribution in [0.4, 0.5) is 0 Å². The van der Waals surface area contributed by atoms with Crippen LogP contribution in [0.3, 0.4) is 0 Å². The lowest BCUT2D eigenvalue weighted by Gasteiger charge is -2.15. The van der Waals surface area contributed by atoms with Crippen LogP contribution in [-0.2, 0) is 6.42 Å². The Hall–Kier alpha value is -1.02. The fraction of sp³-hybridized carbons (Fsp3) is 0.684. The van der Waals surface area contributed by atoms with E-state index in [4.69, 9.17) is 9.84 Å². The van der Waals surface area contributed by atoms with Crippen LogP contribution in [0.15, 0.2) is 24.3 Å². The Morgan fingerprint density at radius 2 is 1.48 bits per heavy atom. The van der Waals surface area contributed by atoms with Crippen LogP contribution in [0, 0.1) is 5.92 Å². The predicted octanol–water partition coefficient (Wildman–Crippen LogP) is 5.48. The summed E-state index contributed by atoms with van der Waals surface area (Å²) in [6.45, 7) is 11.8. The van der Waals surface area contributed by atoms with Crippen LogP contribution in [-0.4, -0.2) is 18.8 Å². The summed E-state index contributed by atoms with van der Waals surface area (Å²) in [5, 5.41) is 7.00. The highest BCUT2D eigenvalue weighted by atomic mass is 16.5. The molecule has 1 rings (SSSR count). The largest absolute Gasteiger partial charge is 0.493 e. The number of hydrogen-bond acceptors (Lipinski definition) is 2. The molecule has 0 amide bonds. The average molecular weight is 296 g/mol. The number of aliphatic hydroxyl groups excluding tert-OH is 1. The molecular weight excluding hydrogens is 260 g/mol. The third-order valence-corrected chi connectivity index (χ3v) is 3.09. The molecule has 124 valence electrons. The van der Waals surface area contributed by atoms with Gasteiger partial charge in [-0.25, -0.2) is 0 Å². The minimum absolute atomic E-state index is 0.704. The maximum absolute atomic E-state index is 7.00. The van der Waals surface area contributed by atoms with Gasteiger partial charge in [0.25, 0.3) is 0 Å². The smallest absolute Gasteiger partial charge is 0.119 e. The van der Waals surface area contributed by atoms with E-state index < -0.39 is 0 Å². The van der Waals surface area contributed by atoms with Crippen molar-refractivity contribution in [1.82, 2.24) is 0 Å². The normalized spacial score (nSPS) is 10.6. The van der Waals surface area contributed by atoms with Crippen LogP contribution in [0.2, 0.25) is 0 Å². The molecule has 1 aromatic rings. The molecule has 0 fully saturated rings. The zero-order chi connectivity index (χ0) is 16.5. The summed E-state index contributed by atoms with van der Waals surface area (Å²) in [7, 11) is 1.00. The van der Waals surface area contributed by atoms with Crippen molar-refractivity contribution in [3.63, 3.8) is 0 Å². The molecule has 0 heterocycles. The molecule has 2 nitrogen and oxygen atoms in total. The average Bonchev–Trinajstić information content (AvgIpc) is 2.54. The van der Waals surface area contributed by atoms with E-state index >= 15 is 0 Å². The van der Waals surface area contributed by atoms with E-state index in [1.54, 1.807) is 0 Å². The van der Waals surface area contributed by atoms with Crippen LogP contribution in [0.1, 0.15) is 65.9 Å². The van der Waals surface area contributed by atoms with Gasteiger partial charge in [0.15, 0.2) is 0 Å². The number of ether oxygens (including phenoxy) is 1. The van der Waals surface area contributed by atoms with Gasteiger partial charge in [0, 0.05) is 7.11 Å². The highest BCUT2D eigenvalue weighted by Gasteiger charge is 2.05. The fourth-order valence-corrected chi connectivity index (χ4v) is 1.85. The number of hydrogen-bond donors (Lipinski definition) is 1. The Morgan fingerprint density at radius 3 is 1.86 bits per heavy atom. The van der Waals surface area contributed by atoms with Gasteiger partial charge in [-0.2, -0.15) is 0 Å². The Morgan fingerprint density at radius 1 is 0.952 bits per heavy atom. The van der Waals surface area contributed by atoms with Crippen LogP contribution in [0.5, 0.6) is 5.75 Å². The molecule has 2 heteroatoms. The van der Waals surface area contributed by atoms with E-state index in [2.05, 4.69) is 58.9 Å². The first-order valence-electron chi connectivity index (χ1n) is 8.38. The van der Waals surface area contributed by atoms with E-state index in [-0.39, 0.29) is 0 Å². The summed E-state index contributed by atoms with van der Waals surface area (Å²) in [5.74, 6) is 1.71. The molecule has 0 radical (unpaired) electrons. The first-order valence-corrected chi connectivity index (χ1v) is 8.38. The van der Waals surface area contributed by atoms with Crippen molar-refractivity contribution in [2.24, 2.45) is 5.92 Å². The molecule has 0 saturated carbocycles. The Kier molecular flexibility index (Phi) is 18.1. The highest BCUT2D eigenvalue weighted by Crippen LogP contribution is 2.16. The van der Waals surface area contributed by atoms with Crippen molar-refractivity contribution < 1.29 is 9.84 Å². The van der Waals surface area contributed by atoms with Crippen molar-refractivity contribution in [3.8, 4) is 5.75 Å². The monoisotopic (exact) mass is 296 g/mol. The minimum Gasteiger partial charge on any atom is -0.493 e. The molecule has 0 saturated heterocycles. The lowest BCUT2D eigenvalue weighted by Crippen LogP contribution is -2.10. The molecule has 0 spiro atoms. The van der Waals surface area contributed by atoms with E-state index in [1.165, 1.54) is 31.2 Å². The molecule has 0 aliphatic heterocycles. The molecule has 0 bridgehead atoms. The van der Waals surface area contributed by atoms with Crippen molar-refractivity contribution in [3.05, 3.63) is 29.8 Å². The van der Waals surface area contributed by atoms with Crippen molar-refractivity contribution in [2.45, 2.75) is 66.7 Å². The molecule has 1 N–H and O–H groups in total. The maximum Gasteiger partial charge on any atom is 0.119 e. The summed E-state index contributed by atoms with van der Waals surface area (Å²) in [5.41, 5.74) is 1.37. The van der Waals surface area contributed by atoms with Gasteiger partial charge in [-0.1, -0.05) is 66.0 Å². The van der Waals surface area contributed by atoms with Gasteiger partial charge in [-0.3, -0.25) is 0 Å². The number of benzene rings is 1. The summed E-state index contributed by atoms with van der Waals surface area (Å²) >= 11 is 0. The fourth-order valence-electron chi connectivity index (χ4n) is 1.85. The molecule has 1 aromatic carbocycles.